The molecule has 2 aromatic rings. The summed E-state index contributed by atoms with van der Waals surface area (Å²) in [5.74, 6) is -1.12. The highest BCUT2D eigenvalue weighted by molar-refractivity contribution is 7.11. The Morgan fingerprint density at radius 2 is 2.07 bits per heavy atom. The van der Waals surface area contributed by atoms with Gasteiger partial charge in [-0.3, -0.25) is 0 Å². The van der Waals surface area contributed by atoms with Crippen molar-refractivity contribution in [1.82, 2.24) is 0 Å². The number of carboxylic acids is 1. The number of aromatic nitrogens is 1. The number of hydrogen-bond donors (Lipinski definition) is 0. The summed E-state index contributed by atoms with van der Waals surface area (Å²) >= 11 is 1.18. The fourth-order valence-electron chi connectivity index (χ4n) is 1.37. The maximum absolute atomic E-state index is 10.8. The second-order valence-corrected chi connectivity index (χ2v) is 4.00. The first-order valence-electron chi connectivity index (χ1n) is 4.49. The van der Waals surface area contributed by atoms with Crippen molar-refractivity contribution in [2.24, 2.45) is 0 Å². The van der Waals surface area contributed by atoms with Crippen LogP contribution in [0, 0.1) is 0 Å². The lowest BCUT2D eigenvalue weighted by Gasteiger charge is -1.98. The number of carboxylic acid groups (broad SMARTS) is 1. The molecule has 0 saturated carbocycles. The Morgan fingerprint density at radius 1 is 1.33 bits per heavy atom. The molecule has 0 N–H and O–H groups in total. The van der Waals surface area contributed by atoms with Crippen molar-refractivity contribution in [3.05, 3.63) is 52.5 Å². The number of rotatable bonds is 3. The number of carbonyl (C=O) groups excluding carboxylic acids is 1. The van der Waals surface area contributed by atoms with Gasteiger partial charge in [-0.1, -0.05) is 41.7 Å². The number of aromatic carboxylic acids is 1. The molecular formula is C11H9NO2S. The molecule has 0 radical (unpaired) electrons. The Labute approximate surface area is 91.2 Å². The molecule has 76 valence electrons. The van der Waals surface area contributed by atoms with Crippen molar-refractivity contribution >= 4 is 17.3 Å². The van der Waals surface area contributed by atoms with E-state index in [1.807, 2.05) is 30.3 Å². The standard InChI is InChI=1S/C11H9NO2S/c13-11(14)10-12(6-7-15-10)8-9-4-2-1-3-5-9/h1-7H,8H2. The van der Waals surface area contributed by atoms with E-state index in [0.717, 1.165) is 5.56 Å². The van der Waals surface area contributed by atoms with E-state index in [1.165, 1.54) is 11.3 Å². The lowest BCUT2D eigenvalue weighted by Crippen LogP contribution is -2.42. The van der Waals surface area contributed by atoms with Crippen LogP contribution >= 0.6 is 11.3 Å². The molecule has 0 spiro atoms. The van der Waals surface area contributed by atoms with Crippen LogP contribution in [-0.2, 0) is 6.54 Å². The Morgan fingerprint density at radius 3 is 2.73 bits per heavy atom. The smallest absolute Gasteiger partial charge is 0.285 e. The molecule has 0 saturated heterocycles. The number of nitrogens with zero attached hydrogens (tertiary/aromatic N) is 1. The van der Waals surface area contributed by atoms with Crippen LogP contribution in [0.4, 0.5) is 0 Å². The van der Waals surface area contributed by atoms with E-state index >= 15 is 0 Å². The SMILES string of the molecule is O=C([O-])c1scc[n+]1Cc1ccccc1. The van der Waals surface area contributed by atoms with Crippen LogP contribution in [0.1, 0.15) is 15.4 Å². The van der Waals surface area contributed by atoms with Crippen LogP contribution in [0.3, 0.4) is 0 Å². The molecule has 2 rings (SSSR count). The average Bonchev–Trinajstić information content (AvgIpc) is 2.67. The fraction of sp³-hybridized carbons (Fsp3) is 0.0909. The second-order valence-electron chi connectivity index (χ2n) is 3.11. The number of carbonyl (C=O) groups is 1. The van der Waals surface area contributed by atoms with Gasteiger partial charge in [0.2, 0.25) is 0 Å². The molecule has 0 aliphatic rings. The normalized spacial score (nSPS) is 10.1. The third-order valence-electron chi connectivity index (χ3n) is 2.05. The van der Waals surface area contributed by atoms with Crippen molar-refractivity contribution in [2.45, 2.75) is 6.54 Å². The quantitative estimate of drug-likeness (QED) is 0.703. The van der Waals surface area contributed by atoms with Crippen LogP contribution in [-0.4, -0.2) is 5.97 Å². The minimum Gasteiger partial charge on any atom is -0.539 e. The van der Waals surface area contributed by atoms with Gasteiger partial charge >= 0.3 is 0 Å². The van der Waals surface area contributed by atoms with Crippen LogP contribution < -0.4 is 9.67 Å². The first-order chi connectivity index (χ1) is 7.27. The van der Waals surface area contributed by atoms with Gasteiger partial charge in [0.15, 0.2) is 18.7 Å². The van der Waals surface area contributed by atoms with Crippen LogP contribution in [0.15, 0.2) is 41.9 Å². The largest absolute Gasteiger partial charge is 0.539 e. The Balaban J connectivity index is 2.25. The molecule has 1 aromatic carbocycles. The van der Waals surface area contributed by atoms with Gasteiger partial charge in [-0.25, -0.2) is 0 Å². The van der Waals surface area contributed by atoms with Crippen molar-refractivity contribution in [1.29, 1.82) is 0 Å². The minimum atomic E-state index is -1.12. The summed E-state index contributed by atoms with van der Waals surface area (Å²) in [6.07, 6.45) is 1.75. The predicted octanol–water partition coefficient (Wildman–Crippen LogP) is 0.447. The molecule has 0 aliphatic heterocycles. The summed E-state index contributed by atoms with van der Waals surface area (Å²) in [4.78, 5) is 10.8. The van der Waals surface area contributed by atoms with Gasteiger partial charge in [0.25, 0.3) is 5.01 Å². The summed E-state index contributed by atoms with van der Waals surface area (Å²) < 4.78 is 1.68. The minimum absolute atomic E-state index is 0.249. The second kappa shape index (κ2) is 4.23. The van der Waals surface area contributed by atoms with E-state index in [9.17, 15) is 9.90 Å². The number of benzene rings is 1. The van der Waals surface area contributed by atoms with E-state index in [1.54, 1.807) is 16.1 Å². The highest BCUT2D eigenvalue weighted by Gasteiger charge is 2.13. The molecule has 1 heterocycles. The van der Waals surface area contributed by atoms with Crippen LogP contribution in [0.5, 0.6) is 0 Å². The summed E-state index contributed by atoms with van der Waals surface area (Å²) in [5.41, 5.74) is 1.07. The fourth-order valence-corrected chi connectivity index (χ4v) is 2.07. The Bertz CT molecular complexity index is 464. The van der Waals surface area contributed by atoms with Crippen molar-refractivity contribution in [3.63, 3.8) is 0 Å². The van der Waals surface area contributed by atoms with Crippen molar-refractivity contribution in [2.75, 3.05) is 0 Å². The molecule has 0 amide bonds. The van der Waals surface area contributed by atoms with E-state index in [4.69, 9.17) is 0 Å². The van der Waals surface area contributed by atoms with Gasteiger partial charge in [-0.15, -0.1) is 0 Å². The number of thiazole rings is 1. The predicted molar refractivity (Wildman–Crippen MR) is 54.4 cm³/mol. The molecule has 4 heteroatoms. The molecule has 15 heavy (non-hydrogen) atoms. The summed E-state index contributed by atoms with van der Waals surface area (Å²) in [6.45, 7) is 0.563. The topological polar surface area (TPSA) is 44.0 Å². The monoisotopic (exact) mass is 219 g/mol. The first-order valence-corrected chi connectivity index (χ1v) is 5.37. The highest BCUT2D eigenvalue weighted by Crippen LogP contribution is 2.03. The van der Waals surface area contributed by atoms with Crippen LogP contribution in [0.25, 0.3) is 0 Å². The molecule has 1 aromatic heterocycles. The molecule has 0 fully saturated rings. The van der Waals surface area contributed by atoms with E-state index in [2.05, 4.69) is 0 Å². The van der Waals surface area contributed by atoms with Gasteiger partial charge in [0, 0.05) is 5.56 Å². The highest BCUT2D eigenvalue weighted by atomic mass is 32.1. The first kappa shape index (κ1) is 9.86. The average molecular weight is 219 g/mol. The Hall–Kier alpha value is -1.68. The molecular weight excluding hydrogens is 210 g/mol. The molecule has 3 nitrogen and oxygen atoms in total. The maximum atomic E-state index is 10.8. The molecule has 0 unspecified atom stereocenters. The van der Waals surface area contributed by atoms with Gasteiger partial charge < -0.3 is 9.90 Å². The van der Waals surface area contributed by atoms with Crippen molar-refractivity contribution < 1.29 is 14.5 Å². The third kappa shape index (κ3) is 2.22. The molecule has 0 aliphatic carbocycles. The van der Waals surface area contributed by atoms with Gasteiger partial charge in [-0.2, -0.15) is 4.57 Å². The maximum Gasteiger partial charge on any atom is 0.285 e. The van der Waals surface area contributed by atoms with Gasteiger partial charge in [0.05, 0.1) is 5.38 Å². The molecule has 0 atom stereocenters. The zero-order valence-corrected chi connectivity index (χ0v) is 8.74. The molecule has 0 bridgehead atoms. The summed E-state index contributed by atoms with van der Waals surface area (Å²) in [5, 5.41) is 12.7. The van der Waals surface area contributed by atoms with E-state index < -0.39 is 5.97 Å². The van der Waals surface area contributed by atoms with E-state index in [0.29, 0.717) is 6.54 Å². The summed E-state index contributed by atoms with van der Waals surface area (Å²) in [7, 11) is 0. The third-order valence-corrected chi connectivity index (χ3v) is 2.93. The van der Waals surface area contributed by atoms with Gasteiger partial charge in [0.1, 0.15) is 0 Å². The zero-order valence-electron chi connectivity index (χ0n) is 7.92. The van der Waals surface area contributed by atoms with Gasteiger partial charge in [-0.05, 0) is 0 Å². The zero-order chi connectivity index (χ0) is 10.7. The lowest BCUT2D eigenvalue weighted by molar-refractivity contribution is -0.687. The number of hydrogen-bond acceptors (Lipinski definition) is 3. The Kier molecular flexibility index (Phi) is 2.78. The summed E-state index contributed by atoms with van der Waals surface area (Å²) in [6, 6.07) is 9.72. The van der Waals surface area contributed by atoms with Crippen molar-refractivity contribution in [3.8, 4) is 0 Å². The van der Waals surface area contributed by atoms with Crippen LogP contribution in [0.2, 0.25) is 0 Å². The van der Waals surface area contributed by atoms with E-state index in [-0.39, 0.29) is 5.01 Å². The lowest BCUT2D eigenvalue weighted by atomic mass is 10.2.